The van der Waals surface area contributed by atoms with Crippen LogP contribution < -0.4 is 5.73 Å². The Morgan fingerprint density at radius 3 is 2.62 bits per heavy atom. The molecule has 0 spiro atoms. The highest BCUT2D eigenvalue weighted by atomic mass is 32.2. The summed E-state index contributed by atoms with van der Waals surface area (Å²) in [5, 5.41) is 8.36. The molecule has 16 heavy (non-hydrogen) atoms. The lowest BCUT2D eigenvalue weighted by Gasteiger charge is -2.12. The highest BCUT2D eigenvalue weighted by molar-refractivity contribution is 7.99. The number of aromatic nitrogens is 1. The maximum Gasteiger partial charge on any atom is 0.405 e. The molecule has 1 heterocycles. The van der Waals surface area contributed by atoms with Crippen molar-refractivity contribution in [3.05, 3.63) is 18.3 Å². The molecule has 0 bridgehead atoms. The lowest BCUT2D eigenvalue weighted by molar-refractivity contribution is -0.152. The molecular formula is C9H8F3N3S. The number of nitrogen functional groups attached to an aromatic ring is 1. The van der Waals surface area contributed by atoms with Crippen molar-refractivity contribution in [3.8, 4) is 6.07 Å². The lowest BCUT2D eigenvalue weighted by atomic mass is 10.2. The highest BCUT2D eigenvalue weighted by Gasteiger charge is 2.39. The third-order valence-electron chi connectivity index (χ3n) is 1.73. The smallest absolute Gasteiger partial charge is 0.384 e. The monoisotopic (exact) mass is 247 g/mol. The second-order valence-corrected chi connectivity index (χ2v) is 4.05. The Morgan fingerprint density at radius 1 is 1.50 bits per heavy atom. The molecule has 1 atom stereocenters. The number of hydrogen-bond acceptors (Lipinski definition) is 4. The maximum absolute atomic E-state index is 12.2. The van der Waals surface area contributed by atoms with Gasteiger partial charge in [0.25, 0.3) is 0 Å². The minimum absolute atomic E-state index is 0.303. The van der Waals surface area contributed by atoms with Gasteiger partial charge in [-0.15, -0.1) is 11.8 Å². The molecule has 0 aliphatic carbocycles. The summed E-state index contributed by atoms with van der Waals surface area (Å²) < 4.78 is 36.6. The van der Waals surface area contributed by atoms with E-state index in [9.17, 15) is 13.2 Å². The van der Waals surface area contributed by atoms with Crippen LogP contribution in [-0.2, 0) is 0 Å². The molecule has 0 fully saturated rings. The van der Waals surface area contributed by atoms with Gasteiger partial charge in [0.1, 0.15) is 5.82 Å². The Morgan fingerprint density at radius 2 is 2.19 bits per heavy atom. The van der Waals surface area contributed by atoms with Crippen molar-refractivity contribution in [3.63, 3.8) is 0 Å². The molecule has 86 valence electrons. The molecule has 1 rings (SSSR count). The van der Waals surface area contributed by atoms with E-state index >= 15 is 0 Å². The number of nitrogens with zero attached hydrogens (tertiary/aromatic N) is 2. The number of anilines is 1. The van der Waals surface area contributed by atoms with Gasteiger partial charge in [-0.1, -0.05) is 0 Å². The van der Waals surface area contributed by atoms with E-state index in [0.29, 0.717) is 10.7 Å². The van der Waals surface area contributed by atoms with Crippen molar-refractivity contribution in [2.75, 3.05) is 11.5 Å². The zero-order chi connectivity index (χ0) is 12.2. The normalized spacial score (nSPS) is 13.1. The third kappa shape index (κ3) is 3.62. The highest BCUT2D eigenvalue weighted by Crippen LogP contribution is 2.31. The first kappa shape index (κ1) is 12.6. The zero-order valence-electron chi connectivity index (χ0n) is 8.03. The van der Waals surface area contributed by atoms with Crippen LogP contribution in [0.4, 0.5) is 19.0 Å². The van der Waals surface area contributed by atoms with Crippen LogP contribution in [0.25, 0.3) is 0 Å². The molecule has 2 N–H and O–H groups in total. The topological polar surface area (TPSA) is 62.7 Å². The molecule has 0 aromatic carbocycles. The molecule has 7 heteroatoms. The Bertz CT molecular complexity index is 382. The van der Waals surface area contributed by atoms with E-state index in [1.165, 1.54) is 18.3 Å². The van der Waals surface area contributed by atoms with Crippen LogP contribution in [0, 0.1) is 17.2 Å². The maximum atomic E-state index is 12.2. The van der Waals surface area contributed by atoms with Crippen LogP contribution in [0.2, 0.25) is 0 Å². The summed E-state index contributed by atoms with van der Waals surface area (Å²) in [6.07, 6.45) is -3.10. The quantitative estimate of drug-likeness (QED) is 0.833. The summed E-state index contributed by atoms with van der Waals surface area (Å²) in [5.41, 5.74) is 5.33. The van der Waals surface area contributed by atoms with E-state index in [-0.39, 0.29) is 5.75 Å². The summed E-state index contributed by atoms with van der Waals surface area (Å²) in [4.78, 5) is 4.29. The van der Waals surface area contributed by atoms with Crippen LogP contribution in [0.15, 0.2) is 23.2 Å². The van der Waals surface area contributed by atoms with Crippen LogP contribution >= 0.6 is 11.8 Å². The van der Waals surface area contributed by atoms with E-state index in [2.05, 4.69) is 4.98 Å². The van der Waals surface area contributed by atoms with Crippen molar-refractivity contribution in [2.24, 2.45) is 5.92 Å². The Hall–Kier alpha value is -1.42. The fourth-order valence-corrected chi connectivity index (χ4v) is 1.78. The SMILES string of the molecule is N#CC(CSc1ccc(N)nc1)C(F)(F)F. The van der Waals surface area contributed by atoms with E-state index in [0.717, 1.165) is 11.8 Å². The van der Waals surface area contributed by atoms with Gasteiger partial charge in [-0.25, -0.2) is 4.98 Å². The third-order valence-corrected chi connectivity index (χ3v) is 2.80. The van der Waals surface area contributed by atoms with Crippen molar-refractivity contribution in [2.45, 2.75) is 11.1 Å². The van der Waals surface area contributed by atoms with Gasteiger partial charge < -0.3 is 5.73 Å². The van der Waals surface area contributed by atoms with Crippen molar-refractivity contribution < 1.29 is 13.2 Å². The summed E-state index contributed by atoms with van der Waals surface area (Å²) in [7, 11) is 0. The molecule has 1 unspecified atom stereocenters. The minimum atomic E-state index is -4.48. The first-order valence-electron chi connectivity index (χ1n) is 4.24. The van der Waals surface area contributed by atoms with Crippen molar-refractivity contribution >= 4 is 17.6 Å². The van der Waals surface area contributed by atoms with Gasteiger partial charge in [0.15, 0.2) is 5.92 Å². The fourth-order valence-electron chi connectivity index (χ4n) is 0.862. The first-order valence-corrected chi connectivity index (χ1v) is 5.22. The van der Waals surface area contributed by atoms with Crippen molar-refractivity contribution in [1.82, 2.24) is 4.98 Å². The van der Waals surface area contributed by atoms with Gasteiger partial charge in [-0.05, 0) is 12.1 Å². The Labute approximate surface area is 94.5 Å². The summed E-state index contributed by atoms with van der Waals surface area (Å²) >= 11 is 0.928. The number of thioether (sulfide) groups is 1. The van der Waals surface area contributed by atoms with Gasteiger partial charge in [-0.2, -0.15) is 18.4 Å². The average Bonchev–Trinajstić information content (AvgIpc) is 2.19. The van der Waals surface area contributed by atoms with Gasteiger partial charge in [0.2, 0.25) is 0 Å². The van der Waals surface area contributed by atoms with Crippen LogP contribution in [0.5, 0.6) is 0 Å². The van der Waals surface area contributed by atoms with E-state index in [4.69, 9.17) is 11.0 Å². The predicted octanol–water partition coefficient (Wildman–Crippen LogP) is 2.46. The Balaban J connectivity index is 2.57. The second-order valence-electron chi connectivity index (χ2n) is 2.95. The molecule has 1 aromatic heterocycles. The Kier molecular flexibility index (Phi) is 4.01. The largest absolute Gasteiger partial charge is 0.405 e. The van der Waals surface area contributed by atoms with E-state index in [1.54, 1.807) is 6.07 Å². The number of alkyl halides is 3. The predicted molar refractivity (Wildman–Crippen MR) is 54.5 cm³/mol. The number of rotatable bonds is 3. The van der Waals surface area contributed by atoms with Gasteiger partial charge >= 0.3 is 6.18 Å². The number of nitriles is 1. The second kappa shape index (κ2) is 5.07. The first-order chi connectivity index (χ1) is 7.43. The van der Waals surface area contributed by atoms with Gasteiger partial charge in [0, 0.05) is 16.8 Å². The molecule has 1 aromatic rings. The molecule has 0 radical (unpaired) electrons. The molecular weight excluding hydrogens is 239 g/mol. The molecule has 0 amide bonds. The molecule has 0 saturated heterocycles. The molecule has 0 aliphatic heterocycles. The standard InChI is InChI=1S/C9H8F3N3S/c10-9(11,12)6(3-13)5-16-7-1-2-8(14)15-4-7/h1-2,4,6H,5H2,(H2,14,15). The molecule has 3 nitrogen and oxygen atoms in total. The minimum Gasteiger partial charge on any atom is -0.384 e. The van der Waals surface area contributed by atoms with Crippen LogP contribution in [0.1, 0.15) is 0 Å². The number of pyridine rings is 1. The van der Waals surface area contributed by atoms with Crippen molar-refractivity contribution in [1.29, 1.82) is 5.26 Å². The average molecular weight is 247 g/mol. The summed E-state index contributed by atoms with van der Waals surface area (Å²) in [5.74, 6) is -2.00. The summed E-state index contributed by atoms with van der Waals surface area (Å²) in [6, 6.07) is 4.30. The summed E-state index contributed by atoms with van der Waals surface area (Å²) in [6.45, 7) is 0. The molecule has 0 saturated carbocycles. The number of hydrogen-bond donors (Lipinski definition) is 1. The number of nitrogens with two attached hydrogens (primary N) is 1. The van der Waals surface area contributed by atoms with Gasteiger partial charge in [0.05, 0.1) is 6.07 Å². The van der Waals surface area contributed by atoms with E-state index in [1.807, 2.05) is 0 Å². The number of halogens is 3. The van der Waals surface area contributed by atoms with Crippen LogP contribution in [0.3, 0.4) is 0 Å². The van der Waals surface area contributed by atoms with E-state index < -0.39 is 12.1 Å². The van der Waals surface area contributed by atoms with Gasteiger partial charge in [-0.3, -0.25) is 0 Å². The molecule has 0 aliphatic rings. The zero-order valence-corrected chi connectivity index (χ0v) is 8.85. The van der Waals surface area contributed by atoms with Crippen LogP contribution in [-0.4, -0.2) is 16.9 Å². The fraction of sp³-hybridized carbons (Fsp3) is 0.333. The lowest BCUT2D eigenvalue weighted by Crippen LogP contribution is -2.23.